The van der Waals surface area contributed by atoms with E-state index < -0.39 is 0 Å². The molecule has 1 N–H and O–H groups in total. The van der Waals surface area contributed by atoms with Crippen molar-refractivity contribution in [2.24, 2.45) is 5.92 Å². The summed E-state index contributed by atoms with van der Waals surface area (Å²) >= 11 is 0. The molecular weight excluding hydrogens is 396 g/mol. The van der Waals surface area contributed by atoms with Gasteiger partial charge in [0, 0.05) is 29.9 Å². The molecule has 8 heteroatoms. The lowest BCUT2D eigenvalue weighted by molar-refractivity contribution is -0.166. The summed E-state index contributed by atoms with van der Waals surface area (Å²) in [6.07, 6.45) is 6.28. The van der Waals surface area contributed by atoms with Gasteiger partial charge in [0.05, 0.1) is 25.9 Å². The number of furan rings is 1. The molecule has 1 spiro atoms. The fourth-order valence-corrected chi connectivity index (χ4v) is 4.39. The molecule has 2 aliphatic rings. The fraction of sp³-hybridized carbons (Fsp3) is 0.391. The summed E-state index contributed by atoms with van der Waals surface area (Å²) in [5.74, 6) is 0.348. The second kappa shape index (κ2) is 7.77. The quantitative estimate of drug-likeness (QED) is 0.697. The predicted octanol–water partition coefficient (Wildman–Crippen LogP) is 2.58. The largest absolute Gasteiger partial charge is 0.451 e. The molecule has 2 saturated heterocycles. The van der Waals surface area contributed by atoms with Crippen molar-refractivity contribution >= 4 is 22.8 Å². The van der Waals surface area contributed by atoms with E-state index in [1.807, 2.05) is 31.2 Å². The average molecular weight is 420 g/mol. The van der Waals surface area contributed by atoms with Gasteiger partial charge in [0.1, 0.15) is 16.9 Å². The second-order valence-corrected chi connectivity index (χ2v) is 8.41. The van der Waals surface area contributed by atoms with Gasteiger partial charge in [-0.2, -0.15) is 0 Å². The van der Waals surface area contributed by atoms with E-state index in [0.29, 0.717) is 37.7 Å². The highest BCUT2D eigenvalue weighted by Crippen LogP contribution is 2.37. The van der Waals surface area contributed by atoms with Gasteiger partial charge in [-0.05, 0) is 31.7 Å². The van der Waals surface area contributed by atoms with E-state index in [1.165, 1.54) is 18.6 Å². The first-order valence-corrected chi connectivity index (χ1v) is 10.5. The number of hydrogen-bond donors (Lipinski definition) is 1. The summed E-state index contributed by atoms with van der Waals surface area (Å²) < 4.78 is 12.0. The number of nitrogens with one attached hydrogen (secondary N) is 1. The Labute approximate surface area is 179 Å². The molecule has 1 atom stereocenters. The first-order chi connectivity index (χ1) is 15.0. The molecule has 2 aliphatic heterocycles. The molecular formula is C23H24N4O4. The van der Waals surface area contributed by atoms with Crippen LogP contribution < -0.4 is 5.32 Å². The number of rotatable bonds is 4. The van der Waals surface area contributed by atoms with Crippen LogP contribution in [0.15, 0.2) is 47.3 Å². The van der Waals surface area contributed by atoms with Crippen molar-refractivity contribution in [2.75, 3.05) is 26.2 Å². The Kier molecular flexibility index (Phi) is 4.94. The van der Waals surface area contributed by atoms with Gasteiger partial charge in [0.25, 0.3) is 11.8 Å². The molecule has 0 aliphatic carbocycles. The highest BCUT2D eigenvalue weighted by atomic mass is 16.5. The average Bonchev–Trinajstić information content (AvgIpc) is 3.13. The van der Waals surface area contributed by atoms with Crippen LogP contribution >= 0.6 is 0 Å². The van der Waals surface area contributed by atoms with Crippen molar-refractivity contribution < 1.29 is 18.7 Å². The van der Waals surface area contributed by atoms with Crippen molar-refractivity contribution in [1.29, 1.82) is 0 Å². The molecule has 160 valence electrons. The van der Waals surface area contributed by atoms with Crippen molar-refractivity contribution in [2.45, 2.75) is 25.4 Å². The van der Waals surface area contributed by atoms with E-state index in [9.17, 15) is 9.59 Å². The van der Waals surface area contributed by atoms with Crippen LogP contribution in [-0.4, -0.2) is 58.5 Å². The molecule has 5 rings (SSSR count). The van der Waals surface area contributed by atoms with Crippen molar-refractivity contribution in [3.05, 3.63) is 59.9 Å². The highest BCUT2D eigenvalue weighted by molar-refractivity contribution is 5.99. The van der Waals surface area contributed by atoms with E-state index in [-0.39, 0.29) is 23.3 Å². The van der Waals surface area contributed by atoms with Crippen molar-refractivity contribution in [3.8, 4) is 0 Å². The van der Waals surface area contributed by atoms with Crippen LogP contribution in [0.25, 0.3) is 11.0 Å². The number of amides is 2. The van der Waals surface area contributed by atoms with E-state index in [4.69, 9.17) is 9.15 Å². The van der Waals surface area contributed by atoms with E-state index >= 15 is 0 Å². The van der Waals surface area contributed by atoms with Crippen LogP contribution in [0.2, 0.25) is 0 Å². The zero-order chi connectivity index (χ0) is 21.4. The normalized spacial score (nSPS) is 19.9. The number of hydrogen-bond acceptors (Lipinski definition) is 6. The Hall–Kier alpha value is -3.26. The topological polar surface area (TPSA) is 97.6 Å². The Balaban J connectivity index is 1.13. The number of aromatic nitrogens is 2. The third-order valence-corrected chi connectivity index (χ3v) is 6.26. The first kappa shape index (κ1) is 19.7. The summed E-state index contributed by atoms with van der Waals surface area (Å²) in [4.78, 5) is 34.8. The van der Waals surface area contributed by atoms with E-state index in [1.54, 1.807) is 4.90 Å². The van der Waals surface area contributed by atoms with Gasteiger partial charge in [-0.1, -0.05) is 18.2 Å². The van der Waals surface area contributed by atoms with E-state index in [0.717, 1.165) is 29.4 Å². The standard InChI is InChI=1S/C23H24N4O4/c1-15-17-4-2-3-5-19(17)31-20(15)22(29)27-13-23(14-27)7-6-16(12-30-23)10-26-21(28)18-11-24-8-9-25-18/h2-5,8-9,11,16H,6-7,10,12-14H2,1H3,(H,26,28)/t16-/m0/s1. The summed E-state index contributed by atoms with van der Waals surface area (Å²) in [6.45, 7) is 4.16. The molecule has 2 fully saturated rings. The van der Waals surface area contributed by atoms with Crippen LogP contribution in [0.4, 0.5) is 0 Å². The number of likely N-dealkylation sites (tertiary alicyclic amines) is 1. The van der Waals surface area contributed by atoms with Gasteiger partial charge in [-0.25, -0.2) is 4.98 Å². The number of benzene rings is 1. The lowest BCUT2D eigenvalue weighted by atomic mass is 9.82. The van der Waals surface area contributed by atoms with E-state index in [2.05, 4.69) is 15.3 Å². The van der Waals surface area contributed by atoms with Crippen molar-refractivity contribution in [3.63, 3.8) is 0 Å². The minimum Gasteiger partial charge on any atom is -0.451 e. The maximum absolute atomic E-state index is 12.9. The summed E-state index contributed by atoms with van der Waals surface area (Å²) in [5, 5.41) is 3.87. The van der Waals surface area contributed by atoms with Gasteiger partial charge in [-0.15, -0.1) is 0 Å². The second-order valence-electron chi connectivity index (χ2n) is 8.41. The van der Waals surface area contributed by atoms with Crippen LogP contribution in [0.3, 0.4) is 0 Å². The number of ether oxygens (including phenoxy) is 1. The predicted molar refractivity (Wildman–Crippen MR) is 113 cm³/mol. The molecule has 3 aromatic rings. The smallest absolute Gasteiger partial charge is 0.290 e. The zero-order valence-corrected chi connectivity index (χ0v) is 17.3. The number of carbonyl (C=O) groups excluding carboxylic acids is 2. The number of carbonyl (C=O) groups is 2. The van der Waals surface area contributed by atoms with Gasteiger partial charge in [0.2, 0.25) is 0 Å². The SMILES string of the molecule is Cc1c(C(=O)N2CC3(CC[C@@H](CNC(=O)c4cnccn4)CO3)C2)oc2ccccc12. The lowest BCUT2D eigenvalue weighted by Crippen LogP contribution is -2.66. The summed E-state index contributed by atoms with van der Waals surface area (Å²) in [5.41, 5.74) is 1.65. The number of para-hydroxylation sites is 1. The van der Waals surface area contributed by atoms with Crippen LogP contribution in [0, 0.1) is 12.8 Å². The number of aryl methyl sites for hydroxylation is 1. The summed E-state index contributed by atoms with van der Waals surface area (Å²) in [6, 6.07) is 7.69. The molecule has 2 aromatic heterocycles. The highest BCUT2D eigenvalue weighted by Gasteiger charge is 2.49. The third kappa shape index (κ3) is 3.67. The monoisotopic (exact) mass is 420 g/mol. The Morgan fingerprint density at radius 3 is 2.81 bits per heavy atom. The minimum absolute atomic E-state index is 0.0821. The van der Waals surface area contributed by atoms with Gasteiger partial charge in [-0.3, -0.25) is 14.6 Å². The Bertz CT molecular complexity index is 1110. The zero-order valence-electron chi connectivity index (χ0n) is 17.3. The molecule has 0 radical (unpaired) electrons. The van der Waals surface area contributed by atoms with Crippen LogP contribution in [0.5, 0.6) is 0 Å². The van der Waals surface area contributed by atoms with Gasteiger partial charge in [0.15, 0.2) is 5.76 Å². The molecule has 2 amide bonds. The Morgan fingerprint density at radius 2 is 2.10 bits per heavy atom. The van der Waals surface area contributed by atoms with Gasteiger partial charge < -0.3 is 19.4 Å². The Morgan fingerprint density at radius 1 is 1.26 bits per heavy atom. The molecule has 8 nitrogen and oxygen atoms in total. The van der Waals surface area contributed by atoms with Gasteiger partial charge >= 0.3 is 0 Å². The van der Waals surface area contributed by atoms with Crippen LogP contribution in [0.1, 0.15) is 39.4 Å². The molecule has 0 unspecified atom stereocenters. The van der Waals surface area contributed by atoms with Crippen molar-refractivity contribution in [1.82, 2.24) is 20.2 Å². The molecule has 31 heavy (non-hydrogen) atoms. The maximum atomic E-state index is 12.9. The number of nitrogens with zero attached hydrogens (tertiary/aromatic N) is 3. The molecule has 0 bridgehead atoms. The lowest BCUT2D eigenvalue weighted by Gasteiger charge is -2.52. The molecule has 0 saturated carbocycles. The van der Waals surface area contributed by atoms with Crippen LogP contribution in [-0.2, 0) is 4.74 Å². The summed E-state index contributed by atoms with van der Waals surface area (Å²) in [7, 11) is 0. The fourth-order valence-electron chi connectivity index (χ4n) is 4.39. The maximum Gasteiger partial charge on any atom is 0.290 e. The molecule has 1 aromatic carbocycles. The number of fused-ring (bicyclic) bond motifs is 1. The molecule has 4 heterocycles. The first-order valence-electron chi connectivity index (χ1n) is 10.5. The third-order valence-electron chi connectivity index (χ3n) is 6.26. The minimum atomic E-state index is -0.277.